The van der Waals surface area contributed by atoms with Crippen molar-refractivity contribution in [2.75, 3.05) is 13.7 Å². The molecule has 1 rings (SSSR count). The summed E-state index contributed by atoms with van der Waals surface area (Å²) in [7, 11) is 1.56. The van der Waals surface area contributed by atoms with Gasteiger partial charge in [-0.3, -0.25) is 4.79 Å². The molecule has 84 valence electrons. The highest BCUT2D eigenvalue weighted by Gasteiger charge is 1.98. The Labute approximate surface area is 95.1 Å². The number of ether oxygens (including phenoxy) is 1. The van der Waals surface area contributed by atoms with Gasteiger partial charge in [0, 0.05) is 13.0 Å². The van der Waals surface area contributed by atoms with Crippen LogP contribution in [0, 0.1) is 11.8 Å². The van der Waals surface area contributed by atoms with Crippen LogP contribution in [0.15, 0.2) is 24.3 Å². The molecule has 0 aromatic heterocycles. The van der Waals surface area contributed by atoms with E-state index in [1.807, 2.05) is 12.1 Å². The van der Waals surface area contributed by atoms with Crippen molar-refractivity contribution < 1.29 is 14.6 Å². The predicted octanol–water partition coefficient (Wildman–Crippen LogP) is 1.39. The first-order chi connectivity index (χ1) is 7.77. The molecule has 0 amide bonds. The molecular formula is C13H14O3. The van der Waals surface area contributed by atoms with E-state index in [1.165, 1.54) is 0 Å². The lowest BCUT2D eigenvalue weighted by Crippen LogP contribution is -1.95. The number of ketones is 1. The molecule has 1 N–H and O–H groups in total. The molecule has 0 spiro atoms. The summed E-state index contributed by atoms with van der Waals surface area (Å²) in [6, 6.07) is 7.27. The number of benzene rings is 1. The first-order valence-corrected chi connectivity index (χ1v) is 5.06. The number of hydrogen-bond donors (Lipinski definition) is 1. The van der Waals surface area contributed by atoms with Gasteiger partial charge in [0.2, 0.25) is 5.78 Å². The van der Waals surface area contributed by atoms with Gasteiger partial charge < -0.3 is 9.84 Å². The quantitative estimate of drug-likeness (QED) is 0.777. The fourth-order valence-corrected chi connectivity index (χ4v) is 1.19. The Morgan fingerprint density at radius 2 is 2.19 bits per heavy atom. The van der Waals surface area contributed by atoms with Crippen molar-refractivity contribution in [3.8, 4) is 17.6 Å². The molecule has 0 aliphatic heterocycles. The van der Waals surface area contributed by atoms with Crippen molar-refractivity contribution in [3.05, 3.63) is 29.8 Å². The fraction of sp³-hybridized carbons (Fsp3) is 0.308. The van der Waals surface area contributed by atoms with Crippen LogP contribution in [0.3, 0.4) is 0 Å². The molecule has 0 aliphatic rings. The Kier molecular flexibility index (Phi) is 5.10. The summed E-state index contributed by atoms with van der Waals surface area (Å²) in [5.74, 6) is 5.79. The summed E-state index contributed by atoms with van der Waals surface area (Å²) in [6.45, 7) is 0.0160. The highest BCUT2D eigenvalue weighted by atomic mass is 16.5. The molecule has 1 aromatic rings. The Morgan fingerprint density at radius 3 is 2.88 bits per heavy atom. The van der Waals surface area contributed by atoms with E-state index in [-0.39, 0.29) is 12.4 Å². The monoisotopic (exact) mass is 218 g/mol. The van der Waals surface area contributed by atoms with Gasteiger partial charge in [0.05, 0.1) is 12.7 Å². The maximum Gasteiger partial charge on any atom is 0.205 e. The number of para-hydroxylation sites is 1. The summed E-state index contributed by atoms with van der Waals surface area (Å²) >= 11 is 0. The van der Waals surface area contributed by atoms with Gasteiger partial charge in [0.15, 0.2) is 0 Å². The Morgan fingerprint density at radius 1 is 1.44 bits per heavy atom. The van der Waals surface area contributed by atoms with Crippen LogP contribution in [0.5, 0.6) is 5.75 Å². The molecule has 0 radical (unpaired) electrons. The molecule has 3 heteroatoms. The molecule has 0 heterocycles. The van der Waals surface area contributed by atoms with Gasteiger partial charge >= 0.3 is 0 Å². The van der Waals surface area contributed by atoms with Crippen molar-refractivity contribution in [1.29, 1.82) is 0 Å². The lowest BCUT2D eigenvalue weighted by atomic mass is 10.2. The lowest BCUT2D eigenvalue weighted by molar-refractivity contribution is -0.114. The second-order valence-electron chi connectivity index (χ2n) is 3.20. The van der Waals surface area contributed by atoms with Crippen LogP contribution >= 0.6 is 0 Å². The fourth-order valence-electron chi connectivity index (χ4n) is 1.19. The highest BCUT2D eigenvalue weighted by molar-refractivity contribution is 5.96. The number of methoxy groups -OCH3 is 1. The summed E-state index contributed by atoms with van der Waals surface area (Å²) in [6.07, 6.45) is 0.748. The summed E-state index contributed by atoms with van der Waals surface area (Å²) in [4.78, 5) is 11.2. The van der Waals surface area contributed by atoms with Crippen LogP contribution in [0.25, 0.3) is 0 Å². The average Bonchev–Trinajstić information content (AvgIpc) is 2.34. The van der Waals surface area contributed by atoms with Crippen molar-refractivity contribution in [3.63, 3.8) is 0 Å². The van der Waals surface area contributed by atoms with E-state index in [0.29, 0.717) is 24.2 Å². The minimum atomic E-state index is -0.167. The molecule has 0 bridgehead atoms. The van der Waals surface area contributed by atoms with Gasteiger partial charge in [-0.1, -0.05) is 18.1 Å². The highest BCUT2D eigenvalue weighted by Crippen LogP contribution is 2.15. The minimum absolute atomic E-state index is 0.0160. The maximum atomic E-state index is 11.2. The number of carbonyl (C=O) groups excluding carboxylic acids is 1. The van der Waals surface area contributed by atoms with E-state index in [2.05, 4.69) is 11.8 Å². The van der Waals surface area contributed by atoms with Gasteiger partial charge in [-0.2, -0.15) is 0 Å². The summed E-state index contributed by atoms with van der Waals surface area (Å²) in [5.41, 5.74) is 0.697. The van der Waals surface area contributed by atoms with E-state index >= 15 is 0 Å². The lowest BCUT2D eigenvalue weighted by Gasteiger charge is -2.00. The second-order valence-corrected chi connectivity index (χ2v) is 3.20. The first-order valence-electron chi connectivity index (χ1n) is 5.06. The summed E-state index contributed by atoms with van der Waals surface area (Å²) in [5, 5.41) is 8.56. The van der Waals surface area contributed by atoms with Gasteiger partial charge in [0.1, 0.15) is 5.75 Å². The Bertz CT molecular complexity index is 413. The molecule has 3 nitrogen and oxygen atoms in total. The van der Waals surface area contributed by atoms with Crippen molar-refractivity contribution in [2.24, 2.45) is 0 Å². The molecule has 1 aromatic carbocycles. The molecule has 0 fully saturated rings. The molecule has 16 heavy (non-hydrogen) atoms. The molecule has 0 unspecified atom stereocenters. The molecule has 0 aliphatic carbocycles. The van der Waals surface area contributed by atoms with Crippen LogP contribution in [0.1, 0.15) is 18.4 Å². The number of Topliss-reactive ketones (excluding diaryl/α,β-unsaturated/α-hetero) is 1. The number of rotatable bonds is 4. The average molecular weight is 218 g/mol. The van der Waals surface area contributed by atoms with Crippen molar-refractivity contribution >= 4 is 5.78 Å². The number of carbonyl (C=O) groups is 1. The Hall–Kier alpha value is -1.79. The Balaban J connectivity index is 2.72. The molecular weight excluding hydrogens is 204 g/mol. The van der Waals surface area contributed by atoms with Crippen LogP contribution in [-0.2, 0) is 4.79 Å². The zero-order valence-electron chi connectivity index (χ0n) is 9.19. The second kappa shape index (κ2) is 6.65. The minimum Gasteiger partial charge on any atom is -0.495 e. The normalized spacial score (nSPS) is 9.12. The third-order valence-corrected chi connectivity index (χ3v) is 2.01. The van der Waals surface area contributed by atoms with E-state index in [0.717, 1.165) is 0 Å². The maximum absolute atomic E-state index is 11.2. The van der Waals surface area contributed by atoms with Crippen LogP contribution < -0.4 is 4.74 Å². The van der Waals surface area contributed by atoms with Crippen LogP contribution in [0.2, 0.25) is 0 Å². The third kappa shape index (κ3) is 3.76. The van der Waals surface area contributed by atoms with Gasteiger partial charge in [-0.25, -0.2) is 0 Å². The van der Waals surface area contributed by atoms with Gasteiger partial charge in [-0.05, 0) is 24.5 Å². The van der Waals surface area contributed by atoms with Crippen LogP contribution in [-0.4, -0.2) is 24.6 Å². The van der Waals surface area contributed by atoms with Gasteiger partial charge in [-0.15, -0.1) is 0 Å². The van der Waals surface area contributed by atoms with Crippen LogP contribution in [0.4, 0.5) is 0 Å². The number of hydrogen-bond acceptors (Lipinski definition) is 3. The first kappa shape index (κ1) is 12.3. The van der Waals surface area contributed by atoms with E-state index in [1.54, 1.807) is 19.2 Å². The van der Waals surface area contributed by atoms with E-state index in [9.17, 15) is 4.79 Å². The topological polar surface area (TPSA) is 46.5 Å². The third-order valence-electron chi connectivity index (χ3n) is 2.01. The van der Waals surface area contributed by atoms with E-state index < -0.39 is 0 Å². The van der Waals surface area contributed by atoms with Crippen molar-refractivity contribution in [1.82, 2.24) is 0 Å². The van der Waals surface area contributed by atoms with Crippen molar-refractivity contribution in [2.45, 2.75) is 12.8 Å². The molecule has 0 saturated carbocycles. The standard InChI is InChI=1S/C13H14O3/c1-16-13-7-3-2-5-11(13)8-9-12(15)6-4-10-14/h2-3,5,7,14H,4,6,10H2,1H3. The van der Waals surface area contributed by atoms with E-state index in [4.69, 9.17) is 9.84 Å². The summed E-state index contributed by atoms with van der Waals surface area (Å²) < 4.78 is 5.10. The number of aliphatic hydroxyl groups is 1. The predicted molar refractivity (Wildman–Crippen MR) is 61.2 cm³/mol. The molecule has 0 atom stereocenters. The number of aliphatic hydroxyl groups excluding tert-OH is 1. The largest absolute Gasteiger partial charge is 0.495 e. The molecule has 0 saturated heterocycles. The zero-order chi connectivity index (χ0) is 11.8. The SMILES string of the molecule is COc1ccccc1C#CC(=O)CCCO. The van der Waals surface area contributed by atoms with Gasteiger partial charge in [0.25, 0.3) is 0 Å². The zero-order valence-corrected chi connectivity index (χ0v) is 9.19. The smallest absolute Gasteiger partial charge is 0.205 e.